The van der Waals surface area contributed by atoms with Crippen LogP contribution in [-0.4, -0.2) is 15.0 Å². The maximum absolute atomic E-state index is 4.38. The van der Waals surface area contributed by atoms with Gasteiger partial charge in [0.1, 0.15) is 12.1 Å². The minimum Gasteiger partial charge on any atom is -0.364 e. The third kappa shape index (κ3) is 2.06. The second-order valence-electron chi connectivity index (χ2n) is 4.62. The van der Waals surface area contributed by atoms with E-state index in [1.54, 1.807) is 6.33 Å². The average molecular weight is 240 g/mol. The number of nitrogens with zero attached hydrogens (tertiary/aromatic N) is 3. The summed E-state index contributed by atoms with van der Waals surface area (Å²) < 4.78 is 0. The van der Waals surface area contributed by atoms with Crippen LogP contribution in [0.3, 0.4) is 0 Å². The molecule has 2 heterocycles. The van der Waals surface area contributed by atoms with Crippen LogP contribution in [-0.2, 0) is 19.4 Å². The van der Waals surface area contributed by atoms with Gasteiger partial charge in [0.2, 0.25) is 0 Å². The molecule has 4 nitrogen and oxygen atoms in total. The Labute approximate surface area is 107 Å². The summed E-state index contributed by atoms with van der Waals surface area (Å²) in [5, 5.41) is 3.39. The fraction of sp³-hybridized carbons (Fsp3) is 0.357. The van der Waals surface area contributed by atoms with Crippen molar-refractivity contribution in [1.29, 1.82) is 0 Å². The standard InChI is InChI=1S/C14H16N4/c1-10-4-3-7-15-13(10)8-16-14-11-5-2-6-12(11)17-9-18-14/h3-4,7,9H,2,5-6,8H2,1H3,(H,16,17,18). The summed E-state index contributed by atoms with van der Waals surface area (Å²) in [5.41, 5.74) is 4.76. The smallest absolute Gasteiger partial charge is 0.133 e. The number of aromatic nitrogens is 3. The molecule has 0 bridgehead atoms. The first kappa shape index (κ1) is 11.1. The fourth-order valence-corrected chi connectivity index (χ4v) is 2.38. The predicted octanol–water partition coefficient (Wildman–Crippen LogP) is 2.28. The molecule has 0 saturated heterocycles. The van der Waals surface area contributed by atoms with E-state index < -0.39 is 0 Å². The molecule has 92 valence electrons. The van der Waals surface area contributed by atoms with Gasteiger partial charge in [-0.25, -0.2) is 9.97 Å². The van der Waals surface area contributed by atoms with Crippen LogP contribution in [0.5, 0.6) is 0 Å². The first-order valence-corrected chi connectivity index (χ1v) is 6.31. The van der Waals surface area contributed by atoms with Gasteiger partial charge in [0.05, 0.1) is 12.2 Å². The van der Waals surface area contributed by atoms with Crippen molar-refractivity contribution in [3.63, 3.8) is 0 Å². The van der Waals surface area contributed by atoms with E-state index in [0.717, 1.165) is 30.9 Å². The van der Waals surface area contributed by atoms with Crippen molar-refractivity contribution in [2.75, 3.05) is 5.32 Å². The number of pyridine rings is 1. The molecule has 2 aromatic rings. The molecule has 2 aromatic heterocycles. The first-order chi connectivity index (χ1) is 8.84. The van der Waals surface area contributed by atoms with Gasteiger partial charge in [0.15, 0.2) is 0 Å². The third-order valence-corrected chi connectivity index (χ3v) is 3.42. The van der Waals surface area contributed by atoms with Crippen LogP contribution in [0.1, 0.15) is 28.9 Å². The number of nitrogens with one attached hydrogen (secondary N) is 1. The van der Waals surface area contributed by atoms with E-state index in [9.17, 15) is 0 Å². The maximum atomic E-state index is 4.38. The highest BCUT2D eigenvalue weighted by Gasteiger charge is 2.16. The number of hydrogen-bond donors (Lipinski definition) is 1. The van der Waals surface area contributed by atoms with Crippen molar-refractivity contribution < 1.29 is 0 Å². The van der Waals surface area contributed by atoms with Crippen LogP contribution in [0.25, 0.3) is 0 Å². The Morgan fingerprint density at radius 1 is 1.22 bits per heavy atom. The van der Waals surface area contributed by atoms with Crippen molar-refractivity contribution in [3.05, 3.63) is 47.2 Å². The lowest BCUT2D eigenvalue weighted by molar-refractivity contribution is 0.899. The van der Waals surface area contributed by atoms with E-state index in [0.29, 0.717) is 0 Å². The predicted molar refractivity (Wildman–Crippen MR) is 70.4 cm³/mol. The van der Waals surface area contributed by atoms with Crippen LogP contribution >= 0.6 is 0 Å². The second-order valence-corrected chi connectivity index (χ2v) is 4.62. The van der Waals surface area contributed by atoms with E-state index in [1.807, 2.05) is 12.3 Å². The van der Waals surface area contributed by atoms with Gasteiger partial charge in [-0.15, -0.1) is 0 Å². The minimum atomic E-state index is 0.718. The van der Waals surface area contributed by atoms with Crippen molar-refractivity contribution in [2.24, 2.45) is 0 Å². The molecule has 1 aliphatic rings. The normalized spacial score (nSPS) is 13.4. The first-order valence-electron chi connectivity index (χ1n) is 6.31. The lowest BCUT2D eigenvalue weighted by atomic mass is 10.2. The van der Waals surface area contributed by atoms with Crippen molar-refractivity contribution in [1.82, 2.24) is 15.0 Å². The highest BCUT2D eigenvalue weighted by atomic mass is 15.0. The molecule has 3 rings (SSSR count). The van der Waals surface area contributed by atoms with Crippen molar-refractivity contribution in [3.8, 4) is 0 Å². The number of aryl methyl sites for hydroxylation is 2. The molecule has 0 saturated carbocycles. The largest absolute Gasteiger partial charge is 0.364 e. The molecule has 0 atom stereocenters. The van der Waals surface area contributed by atoms with Crippen LogP contribution in [0.15, 0.2) is 24.7 Å². The molecule has 0 unspecified atom stereocenters. The summed E-state index contributed by atoms with van der Waals surface area (Å²) in [7, 11) is 0. The van der Waals surface area contributed by atoms with E-state index in [1.165, 1.54) is 23.2 Å². The molecule has 4 heteroatoms. The lowest BCUT2D eigenvalue weighted by Crippen LogP contribution is -2.07. The molecule has 0 aliphatic heterocycles. The van der Waals surface area contributed by atoms with Gasteiger partial charge >= 0.3 is 0 Å². The van der Waals surface area contributed by atoms with Gasteiger partial charge in [0.25, 0.3) is 0 Å². The monoisotopic (exact) mass is 240 g/mol. The zero-order valence-corrected chi connectivity index (χ0v) is 10.5. The number of rotatable bonds is 3. The SMILES string of the molecule is Cc1cccnc1CNc1ncnc2c1CCC2. The molecule has 18 heavy (non-hydrogen) atoms. The highest BCUT2D eigenvalue weighted by Crippen LogP contribution is 2.25. The molecule has 0 spiro atoms. The summed E-state index contributed by atoms with van der Waals surface area (Å²) in [6.45, 7) is 2.80. The third-order valence-electron chi connectivity index (χ3n) is 3.42. The van der Waals surface area contributed by atoms with Gasteiger partial charge in [-0.1, -0.05) is 6.07 Å². The number of hydrogen-bond acceptors (Lipinski definition) is 4. The van der Waals surface area contributed by atoms with Crippen LogP contribution in [0, 0.1) is 6.92 Å². The van der Waals surface area contributed by atoms with E-state index in [-0.39, 0.29) is 0 Å². The zero-order valence-electron chi connectivity index (χ0n) is 10.5. The Morgan fingerprint density at radius 3 is 3.06 bits per heavy atom. The van der Waals surface area contributed by atoms with Gasteiger partial charge in [-0.2, -0.15) is 0 Å². The average Bonchev–Trinajstić information content (AvgIpc) is 2.86. The Kier molecular flexibility index (Phi) is 2.92. The van der Waals surface area contributed by atoms with Gasteiger partial charge in [-0.05, 0) is 37.8 Å². The molecule has 1 aliphatic carbocycles. The van der Waals surface area contributed by atoms with Crippen molar-refractivity contribution >= 4 is 5.82 Å². The molecule has 0 aromatic carbocycles. The Bertz CT molecular complexity index is 565. The minimum absolute atomic E-state index is 0.718. The Hall–Kier alpha value is -1.97. The zero-order chi connectivity index (χ0) is 12.4. The van der Waals surface area contributed by atoms with Gasteiger partial charge < -0.3 is 5.32 Å². The van der Waals surface area contributed by atoms with E-state index in [4.69, 9.17) is 0 Å². The molecular formula is C14H16N4. The molecule has 0 amide bonds. The molecule has 1 N–H and O–H groups in total. The fourth-order valence-electron chi connectivity index (χ4n) is 2.38. The highest BCUT2D eigenvalue weighted by molar-refractivity contribution is 5.48. The van der Waals surface area contributed by atoms with E-state index in [2.05, 4.69) is 33.3 Å². The maximum Gasteiger partial charge on any atom is 0.133 e. The summed E-state index contributed by atoms with van der Waals surface area (Å²) in [5.74, 6) is 0.975. The molecular weight excluding hydrogens is 224 g/mol. The molecule has 0 radical (unpaired) electrons. The van der Waals surface area contributed by atoms with Gasteiger partial charge in [-0.3, -0.25) is 4.98 Å². The van der Waals surface area contributed by atoms with Crippen LogP contribution in [0.2, 0.25) is 0 Å². The number of fused-ring (bicyclic) bond motifs is 1. The Balaban J connectivity index is 1.78. The number of anilines is 1. The molecule has 0 fully saturated rings. The summed E-state index contributed by atoms with van der Waals surface area (Å²) >= 11 is 0. The van der Waals surface area contributed by atoms with Crippen LogP contribution < -0.4 is 5.32 Å². The van der Waals surface area contributed by atoms with E-state index >= 15 is 0 Å². The second kappa shape index (κ2) is 4.72. The van der Waals surface area contributed by atoms with Crippen molar-refractivity contribution in [2.45, 2.75) is 32.7 Å². The topological polar surface area (TPSA) is 50.7 Å². The summed E-state index contributed by atoms with van der Waals surface area (Å²) in [4.78, 5) is 13.1. The summed E-state index contributed by atoms with van der Waals surface area (Å²) in [6.07, 6.45) is 6.83. The van der Waals surface area contributed by atoms with Gasteiger partial charge in [0, 0.05) is 17.5 Å². The quantitative estimate of drug-likeness (QED) is 0.894. The Morgan fingerprint density at radius 2 is 2.17 bits per heavy atom. The lowest BCUT2D eigenvalue weighted by Gasteiger charge is -2.10. The van der Waals surface area contributed by atoms with Crippen LogP contribution in [0.4, 0.5) is 5.82 Å². The summed E-state index contributed by atoms with van der Waals surface area (Å²) in [6, 6.07) is 4.04.